The second-order valence-electron chi connectivity index (χ2n) is 4.19. The monoisotopic (exact) mass is 241 g/mol. The number of aromatic nitrogens is 1. The minimum absolute atomic E-state index is 0.0772. The van der Waals surface area contributed by atoms with Crippen molar-refractivity contribution in [3.05, 3.63) is 11.1 Å². The summed E-state index contributed by atoms with van der Waals surface area (Å²) in [5.74, 6) is 0. The summed E-state index contributed by atoms with van der Waals surface area (Å²) in [6.07, 6.45) is 1.13. The van der Waals surface area contributed by atoms with Gasteiger partial charge in [0.2, 0.25) is 0 Å². The quantitative estimate of drug-likeness (QED) is 0.865. The van der Waals surface area contributed by atoms with E-state index in [2.05, 4.69) is 22.2 Å². The molecule has 2 unspecified atom stereocenters. The lowest BCUT2D eigenvalue weighted by molar-refractivity contribution is 0.0276. The molecule has 1 aromatic heterocycles. The highest BCUT2D eigenvalue weighted by molar-refractivity contribution is 7.13. The normalized spacial score (nSPS) is 23.4. The third-order valence-corrected chi connectivity index (χ3v) is 3.80. The summed E-state index contributed by atoms with van der Waals surface area (Å²) in [5.41, 5.74) is 7.04. The van der Waals surface area contributed by atoms with Crippen LogP contribution in [-0.4, -0.2) is 36.8 Å². The Morgan fingerprint density at radius 1 is 1.75 bits per heavy atom. The number of anilines is 1. The van der Waals surface area contributed by atoms with Gasteiger partial charge in [0.05, 0.1) is 18.4 Å². The van der Waals surface area contributed by atoms with Crippen LogP contribution in [-0.2, 0) is 11.2 Å². The number of nitrogens with two attached hydrogens (primary N) is 1. The summed E-state index contributed by atoms with van der Waals surface area (Å²) in [4.78, 5) is 6.87. The fourth-order valence-corrected chi connectivity index (χ4v) is 2.72. The Balaban J connectivity index is 2.03. The van der Waals surface area contributed by atoms with Crippen LogP contribution in [0.25, 0.3) is 0 Å². The molecule has 1 aliphatic rings. The molecule has 16 heavy (non-hydrogen) atoms. The first-order valence-electron chi connectivity index (χ1n) is 5.77. The number of nitrogens with zero attached hydrogens (tertiary/aromatic N) is 2. The van der Waals surface area contributed by atoms with Gasteiger partial charge in [0.25, 0.3) is 0 Å². The van der Waals surface area contributed by atoms with Gasteiger partial charge in [-0.3, -0.25) is 0 Å². The third kappa shape index (κ3) is 2.53. The van der Waals surface area contributed by atoms with Crippen molar-refractivity contribution in [2.45, 2.75) is 32.4 Å². The minimum Gasteiger partial charge on any atom is -0.373 e. The second-order valence-corrected chi connectivity index (χ2v) is 5.03. The molecule has 90 valence electrons. The molecule has 0 amide bonds. The highest BCUT2D eigenvalue weighted by atomic mass is 32.1. The highest BCUT2D eigenvalue weighted by Gasteiger charge is 2.24. The zero-order valence-electron chi connectivity index (χ0n) is 9.85. The van der Waals surface area contributed by atoms with Gasteiger partial charge in [-0.25, -0.2) is 4.98 Å². The maximum Gasteiger partial charge on any atom is 0.185 e. The van der Waals surface area contributed by atoms with Crippen LogP contribution in [0, 0.1) is 0 Å². The van der Waals surface area contributed by atoms with Crippen LogP contribution >= 0.6 is 11.3 Å². The largest absolute Gasteiger partial charge is 0.373 e. The van der Waals surface area contributed by atoms with Crippen LogP contribution in [0.2, 0.25) is 0 Å². The molecule has 0 bridgehead atoms. The number of rotatable bonds is 3. The van der Waals surface area contributed by atoms with Crippen LogP contribution in [0.5, 0.6) is 0 Å². The molecule has 0 aliphatic carbocycles. The average Bonchev–Trinajstić information content (AvgIpc) is 2.77. The van der Waals surface area contributed by atoms with Gasteiger partial charge in [0.1, 0.15) is 0 Å². The van der Waals surface area contributed by atoms with E-state index in [1.165, 1.54) is 5.69 Å². The molecule has 1 aromatic rings. The first kappa shape index (κ1) is 11.8. The maximum atomic E-state index is 5.87. The Morgan fingerprint density at radius 3 is 3.19 bits per heavy atom. The summed E-state index contributed by atoms with van der Waals surface area (Å²) in [6, 6.07) is 0.0772. The molecule has 0 spiro atoms. The van der Waals surface area contributed by atoms with E-state index in [1.807, 2.05) is 6.92 Å². The first-order valence-corrected chi connectivity index (χ1v) is 6.65. The van der Waals surface area contributed by atoms with E-state index >= 15 is 0 Å². The number of hydrogen-bond donors (Lipinski definition) is 1. The minimum atomic E-state index is 0.0772. The molecule has 5 heteroatoms. The molecule has 0 aromatic carbocycles. The molecule has 1 saturated heterocycles. The van der Waals surface area contributed by atoms with Crippen molar-refractivity contribution in [1.82, 2.24) is 4.98 Å². The Morgan fingerprint density at radius 2 is 2.56 bits per heavy atom. The Bertz CT molecular complexity index is 340. The van der Waals surface area contributed by atoms with E-state index in [0.717, 1.165) is 31.2 Å². The summed E-state index contributed by atoms with van der Waals surface area (Å²) < 4.78 is 5.63. The highest BCUT2D eigenvalue weighted by Crippen LogP contribution is 2.23. The van der Waals surface area contributed by atoms with Gasteiger partial charge in [0, 0.05) is 24.5 Å². The molecule has 2 rings (SSSR count). The standard InChI is InChI=1S/C11H19N3OS/c1-3-9-7-16-11(13-9)14-4-5-15-10(6-14)8(2)12/h7-8,10H,3-6,12H2,1-2H3. The van der Waals surface area contributed by atoms with Crippen molar-refractivity contribution in [2.24, 2.45) is 5.73 Å². The Hall–Kier alpha value is -0.650. The summed E-state index contributed by atoms with van der Waals surface area (Å²) >= 11 is 1.71. The van der Waals surface area contributed by atoms with E-state index in [1.54, 1.807) is 11.3 Å². The van der Waals surface area contributed by atoms with Crippen molar-refractivity contribution < 1.29 is 4.74 Å². The van der Waals surface area contributed by atoms with E-state index in [9.17, 15) is 0 Å². The van der Waals surface area contributed by atoms with Crippen LogP contribution in [0.4, 0.5) is 5.13 Å². The van der Waals surface area contributed by atoms with Gasteiger partial charge in [-0.05, 0) is 13.3 Å². The molecule has 1 fully saturated rings. The SMILES string of the molecule is CCc1csc(N2CCOC(C(C)N)C2)n1. The average molecular weight is 241 g/mol. The van der Waals surface area contributed by atoms with E-state index in [0.29, 0.717) is 0 Å². The van der Waals surface area contributed by atoms with Gasteiger partial charge in [-0.2, -0.15) is 0 Å². The number of morpholine rings is 1. The van der Waals surface area contributed by atoms with E-state index < -0.39 is 0 Å². The maximum absolute atomic E-state index is 5.87. The van der Waals surface area contributed by atoms with E-state index in [-0.39, 0.29) is 12.1 Å². The van der Waals surface area contributed by atoms with Crippen molar-refractivity contribution in [3.63, 3.8) is 0 Å². The number of aryl methyl sites for hydroxylation is 1. The Labute approximate surface area is 100 Å². The molecular formula is C11H19N3OS. The summed E-state index contributed by atoms with van der Waals surface area (Å²) in [7, 11) is 0. The number of hydrogen-bond acceptors (Lipinski definition) is 5. The first-order chi connectivity index (χ1) is 7.70. The van der Waals surface area contributed by atoms with Gasteiger partial charge < -0.3 is 15.4 Å². The van der Waals surface area contributed by atoms with Crippen molar-refractivity contribution >= 4 is 16.5 Å². The topological polar surface area (TPSA) is 51.4 Å². The van der Waals surface area contributed by atoms with Crippen LogP contribution < -0.4 is 10.6 Å². The molecule has 0 radical (unpaired) electrons. The van der Waals surface area contributed by atoms with Crippen LogP contribution in [0.15, 0.2) is 5.38 Å². The summed E-state index contributed by atoms with van der Waals surface area (Å²) in [6.45, 7) is 6.64. The van der Waals surface area contributed by atoms with Crippen molar-refractivity contribution in [3.8, 4) is 0 Å². The molecule has 2 N–H and O–H groups in total. The fraction of sp³-hybridized carbons (Fsp3) is 0.727. The zero-order valence-corrected chi connectivity index (χ0v) is 10.7. The smallest absolute Gasteiger partial charge is 0.185 e. The second kappa shape index (κ2) is 5.12. The van der Waals surface area contributed by atoms with Gasteiger partial charge in [-0.1, -0.05) is 6.92 Å². The van der Waals surface area contributed by atoms with Gasteiger partial charge in [0.15, 0.2) is 5.13 Å². The van der Waals surface area contributed by atoms with E-state index in [4.69, 9.17) is 10.5 Å². The zero-order chi connectivity index (χ0) is 11.5. The molecular weight excluding hydrogens is 222 g/mol. The molecule has 2 atom stereocenters. The summed E-state index contributed by atoms with van der Waals surface area (Å²) in [5, 5.41) is 3.23. The van der Waals surface area contributed by atoms with Crippen molar-refractivity contribution in [1.29, 1.82) is 0 Å². The lowest BCUT2D eigenvalue weighted by atomic mass is 10.1. The predicted molar refractivity (Wildman–Crippen MR) is 67.1 cm³/mol. The molecule has 1 aliphatic heterocycles. The van der Waals surface area contributed by atoms with Crippen LogP contribution in [0.1, 0.15) is 19.5 Å². The van der Waals surface area contributed by atoms with Gasteiger partial charge >= 0.3 is 0 Å². The number of thiazole rings is 1. The lowest BCUT2D eigenvalue weighted by Gasteiger charge is -2.34. The molecule has 4 nitrogen and oxygen atoms in total. The molecule has 2 heterocycles. The lowest BCUT2D eigenvalue weighted by Crippen LogP contribution is -2.49. The number of ether oxygens (including phenoxy) is 1. The van der Waals surface area contributed by atoms with Gasteiger partial charge in [-0.15, -0.1) is 11.3 Å². The fourth-order valence-electron chi connectivity index (χ4n) is 1.77. The predicted octanol–water partition coefficient (Wildman–Crippen LogP) is 1.26. The van der Waals surface area contributed by atoms with Crippen LogP contribution in [0.3, 0.4) is 0 Å². The Kier molecular flexibility index (Phi) is 3.78. The molecule has 0 saturated carbocycles. The van der Waals surface area contributed by atoms with Crippen molar-refractivity contribution in [2.75, 3.05) is 24.6 Å². The third-order valence-electron chi connectivity index (χ3n) is 2.85.